The molecule has 6 nitrogen and oxygen atoms in total. The monoisotopic (exact) mass is 588 g/mol. The molecule has 1 heterocycles. The van der Waals surface area contributed by atoms with Crippen LogP contribution in [-0.4, -0.2) is 29.0 Å². The number of ether oxygens (including phenoxy) is 1. The SMILES string of the molecule is CC1(C)CC(=O)C2=C(C1)N(Cc1ccccc1)C1=C(C(=O)CC(C)(C)C1)C2c1cccc(OCC(=O)Nc2ccccc2)c1. The van der Waals surface area contributed by atoms with Gasteiger partial charge < -0.3 is 15.0 Å². The fourth-order valence-electron chi connectivity index (χ4n) is 6.99. The van der Waals surface area contributed by atoms with Crippen molar-refractivity contribution >= 4 is 23.2 Å². The van der Waals surface area contributed by atoms with Crippen molar-refractivity contribution in [3.05, 3.63) is 119 Å². The van der Waals surface area contributed by atoms with Crippen LogP contribution in [0.3, 0.4) is 0 Å². The Morgan fingerprint density at radius 3 is 1.93 bits per heavy atom. The molecule has 6 rings (SSSR count). The summed E-state index contributed by atoms with van der Waals surface area (Å²) in [5, 5.41) is 2.84. The highest BCUT2D eigenvalue weighted by Crippen LogP contribution is 2.55. The van der Waals surface area contributed by atoms with Crippen LogP contribution >= 0.6 is 0 Å². The zero-order chi connectivity index (χ0) is 31.1. The summed E-state index contributed by atoms with van der Waals surface area (Å²) >= 11 is 0. The maximum Gasteiger partial charge on any atom is 0.262 e. The predicted molar refractivity (Wildman–Crippen MR) is 172 cm³/mol. The van der Waals surface area contributed by atoms with Gasteiger partial charge in [-0.05, 0) is 59.1 Å². The van der Waals surface area contributed by atoms with Crippen LogP contribution in [0.2, 0.25) is 0 Å². The Morgan fingerprint density at radius 2 is 1.34 bits per heavy atom. The van der Waals surface area contributed by atoms with Gasteiger partial charge in [-0.2, -0.15) is 0 Å². The molecule has 0 spiro atoms. The summed E-state index contributed by atoms with van der Waals surface area (Å²) in [4.78, 5) is 43.1. The van der Waals surface area contributed by atoms with Crippen molar-refractivity contribution in [2.24, 2.45) is 10.8 Å². The lowest BCUT2D eigenvalue weighted by Gasteiger charge is -2.49. The van der Waals surface area contributed by atoms with Gasteiger partial charge in [0, 0.05) is 53.5 Å². The molecule has 0 fully saturated rings. The van der Waals surface area contributed by atoms with Gasteiger partial charge in [-0.15, -0.1) is 0 Å². The third kappa shape index (κ3) is 6.12. The smallest absolute Gasteiger partial charge is 0.262 e. The summed E-state index contributed by atoms with van der Waals surface area (Å²) in [5.74, 6) is -0.0240. The van der Waals surface area contributed by atoms with E-state index in [2.05, 4.69) is 50.0 Å². The second kappa shape index (κ2) is 11.6. The van der Waals surface area contributed by atoms with Crippen molar-refractivity contribution in [1.82, 2.24) is 4.90 Å². The fourth-order valence-corrected chi connectivity index (χ4v) is 6.99. The number of nitrogens with zero attached hydrogens (tertiary/aromatic N) is 1. The summed E-state index contributed by atoms with van der Waals surface area (Å²) in [6.45, 7) is 9.06. The number of carbonyl (C=O) groups excluding carboxylic acids is 3. The molecule has 44 heavy (non-hydrogen) atoms. The zero-order valence-electron chi connectivity index (χ0n) is 26.0. The van der Waals surface area contributed by atoms with Crippen molar-refractivity contribution in [3.8, 4) is 5.75 Å². The van der Waals surface area contributed by atoms with E-state index in [0.29, 0.717) is 30.8 Å². The highest BCUT2D eigenvalue weighted by molar-refractivity contribution is 6.06. The molecular weight excluding hydrogens is 548 g/mol. The Labute approximate surface area is 259 Å². The van der Waals surface area contributed by atoms with Crippen LogP contribution in [0, 0.1) is 10.8 Å². The molecule has 0 saturated carbocycles. The van der Waals surface area contributed by atoms with Crippen LogP contribution in [0.1, 0.15) is 70.4 Å². The van der Waals surface area contributed by atoms with Crippen LogP contribution in [0.5, 0.6) is 5.75 Å². The molecule has 1 N–H and O–H groups in total. The molecule has 3 aliphatic rings. The third-order valence-corrected chi connectivity index (χ3v) is 8.82. The van der Waals surface area contributed by atoms with Gasteiger partial charge in [-0.25, -0.2) is 0 Å². The molecule has 0 unspecified atom stereocenters. The maximum atomic E-state index is 14.1. The number of allylic oxidation sites excluding steroid dienone is 4. The number of para-hydroxylation sites is 1. The molecule has 0 saturated heterocycles. The molecule has 0 atom stereocenters. The van der Waals surface area contributed by atoms with Crippen molar-refractivity contribution in [2.45, 2.75) is 65.8 Å². The van der Waals surface area contributed by atoms with Crippen molar-refractivity contribution < 1.29 is 19.1 Å². The zero-order valence-corrected chi connectivity index (χ0v) is 26.0. The van der Waals surface area contributed by atoms with E-state index >= 15 is 0 Å². The maximum absolute atomic E-state index is 14.1. The molecule has 3 aromatic carbocycles. The van der Waals surface area contributed by atoms with Crippen molar-refractivity contribution in [2.75, 3.05) is 11.9 Å². The van der Waals surface area contributed by atoms with Crippen LogP contribution in [0.15, 0.2) is 107 Å². The van der Waals surface area contributed by atoms with Gasteiger partial charge in [0.1, 0.15) is 5.75 Å². The predicted octanol–water partition coefficient (Wildman–Crippen LogP) is 7.59. The van der Waals surface area contributed by atoms with E-state index in [1.807, 2.05) is 72.8 Å². The minimum atomic E-state index is -0.471. The molecular formula is C38H40N2O4. The number of nitrogens with one attached hydrogen (secondary N) is 1. The minimum absolute atomic E-state index is 0.0945. The Morgan fingerprint density at radius 1 is 0.773 bits per heavy atom. The number of amides is 1. The van der Waals surface area contributed by atoms with E-state index < -0.39 is 5.92 Å². The van der Waals surface area contributed by atoms with Gasteiger partial charge in [0.2, 0.25) is 0 Å². The van der Waals surface area contributed by atoms with E-state index in [0.717, 1.165) is 46.5 Å². The number of carbonyl (C=O) groups is 3. The minimum Gasteiger partial charge on any atom is -0.484 e. The van der Waals surface area contributed by atoms with E-state index in [-0.39, 0.29) is 34.9 Å². The van der Waals surface area contributed by atoms with Gasteiger partial charge in [-0.1, -0.05) is 88.4 Å². The molecule has 2 aliphatic carbocycles. The number of rotatable bonds is 7. The number of ketones is 2. The van der Waals surface area contributed by atoms with Crippen LogP contribution in [0.25, 0.3) is 0 Å². The van der Waals surface area contributed by atoms with Crippen LogP contribution < -0.4 is 10.1 Å². The molecule has 6 heteroatoms. The van der Waals surface area contributed by atoms with Crippen LogP contribution in [0.4, 0.5) is 5.69 Å². The molecule has 3 aromatic rings. The fraction of sp³-hybridized carbons (Fsp3) is 0.342. The normalized spacial score (nSPS) is 19.4. The Bertz CT molecular complexity index is 1610. The Kier molecular flexibility index (Phi) is 7.79. The first-order chi connectivity index (χ1) is 21.0. The molecule has 0 bridgehead atoms. The second-order valence-electron chi connectivity index (χ2n) is 13.9. The Balaban J connectivity index is 1.40. The highest BCUT2D eigenvalue weighted by Gasteiger charge is 2.49. The quantitative estimate of drug-likeness (QED) is 0.308. The first-order valence-electron chi connectivity index (χ1n) is 15.4. The highest BCUT2D eigenvalue weighted by atomic mass is 16.5. The standard InChI is InChI=1S/C38H40N2O4/c1-37(2)19-29-35(31(41)21-37)34(26-14-11-17-28(18-26)44-24-33(43)39-27-15-9-6-10-16-27)36-30(20-38(3,4)22-32(36)42)40(29)23-25-12-7-5-8-13-25/h5-18,34H,19-24H2,1-4H3,(H,39,43). The number of hydrogen-bond donors (Lipinski definition) is 1. The van der Waals surface area contributed by atoms with E-state index in [1.165, 1.54) is 0 Å². The average Bonchev–Trinajstić information content (AvgIpc) is 2.97. The van der Waals surface area contributed by atoms with Gasteiger partial charge in [0.05, 0.1) is 0 Å². The summed E-state index contributed by atoms with van der Waals surface area (Å²) in [5.41, 5.74) is 5.80. The lowest BCUT2D eigenvalue weighted by molar-refractivity contribution is -0.120. The van der Waals surface area contributed by atoms with Crippen molar-refractivity contribution in [1.29, 1.82) is 0 Å². The molecule has 1 amide bonds. The van der Waals surface area contributed by atoms with Crippen LogP contribution in [-0.2, 0) is 20.9 Å². The number of anilines is 1. The molecule has 1 aliphatic heterocycles. The molecule has 226 valence electrons. The average molecular weight is 589 g/mol. The molecule has 0 aromatic heterocycles. The second-order valence-corrected chi connectivity index (χ2v) is 13.9. The number of benzene rings is 3. The summed E-state index contributed by atoms with van der Waals surface area (Å²) in [6.07, 6.45) is 2.36. The van der Waals surface area contributed by atoms with E-state index in [9.17, 15) is 14.4 Å². The summed E-state index contributed by atoms with van der Waals surface area (Å²) < 4.78 is 5.94. The Hall–Kier alpha value is -4.45. The van der Waals surface area contributed by atoms with Gasteiger partial charge >= 0.3 is 0 Å². The van der Waals surface area contributed by atoms with Gasteiger partial charge in [0.25, 0.3) is 5.91 Å². The van der Waals surface area contributed by atoms with E-state index in [4.69, 9.17) is 4.74 Å². The lowest BCUT2D eigenvalue weighted by atomic mass is 9.63. The topological polar surface area (TPSA) is 75.7 Å². The first kappa shape index (κ1) is 29.6. The number of Topliss-reactive ketones (excluding diaryl/α,β-unsaturated/α-hetero) is 2. The number of hydrogen-bond acceptors (Lipinski definition) is 5. The lowest BCUT2D eigenvalue weighted by Crippen LogP contribution is -2.44. The van der Waals surface area contributed by atoms with E-state index in [1.54, 1.807) is 0 Å². The van der Waals surface area contributed by atoms with Gasteiger partial charge in [-0.3, -0.25) is 14.4 Å². The molecule has 0 radical (unpaired) electrons. The largest absolute Gasteiger partial charge is 0.484 e. The summed E-state index contributed by atoms with van der Waals surface area (Å²) in [7, 11) is 0. The third-order valence-electron chi connectivity index (χ3n) is 8.82. The van der Waals surface area contributed by atoms with Gasteiger partial charge in [0.15, 0.2) is 18.2 Å². The first-order valence-corrected chi connectivity index (χ1v) is 15.4. The van der Waals surface area contributed by atoms with Crippen molar-refractivity contribution in [3.63, 3.8) is 0 Å². The summed E-state index contributed by atoms with van der Waals surface area (Å²) in [6, 6.07) is 27.1.